The summed E-state index contributed by atoms with van der Waals surface area (Å²) in [6.45, 7) is 9.39. The topological polar surface area (TPSA) is 237 Å². The molecule has 0 rings (SSSR count). The summed E-state index contributed by atoms with van der Waals surface area (Å²) in [4.78, 5) is 72.3. The van der Waals surface area contributed by atoms with Gasteiger partial charge < -0.3 is 33.8 Å². The molecule has 512 valence electrons. The zero-order chi connectivity index (χ0) is 64.3. The maximum absolute atomic E-state index is 13.0. The van der Waals surface area contributed by atoms with E-state index in [4.69, 9.17) is 37.0 Å². The summed E-state index contributed by atoms with van der Waals surface area (Å²) in [5, 5.41) is 10.6. The number of aliphatic hydroxyl groups excluding tert-OH is 1. The third-order valence-electron chi connectivity index (χ3n) is 15.4. The van der Waals surface area contributed by atoms with Gasteiger partial charge in [-0.1, -0.05) is 265 Å². The number of hydrogen-bond donors (Lipinski definition) is 3. The van der Waals surface area contributed by atoms with E-state index in [0.717, 1.165) is 121 Å². The van der Waals surface area contributed by atoms with E-state index in [1.54, 1.807) is 0 Å². The highest BCUT2D eigenvalue weighted by Crippen LogP contribution is 2.45. The van der Waals surface area contributed by atoms with E-state index in [-0.39, 0.29) is 25.7 Å². The Morgan fingerprint density at radius 3 is 1.03 bits per heavy atom. The predicted molar refractivity (Wildman–Crippen MR) is 349 cm³/mol. The van der Waals surface area contributed by atoms with Gasteiger partial charge in [0.1, 0.15) is 19.3 Å². The molecular formula is C68H128O17P2. The van der Waals surface area contributed by atoms with Crippen molar-refractivity contribution in [3.8, 4) is 0 Å². The van der Waals surface area contributed by atoms with Crippen molar-refractivity contribution in [3.05, 3.63) is 24.3 Å². The average molecular weight is 1280 g/mol. The van der Waals surface area contributed by atoms with Crippen molar-refractivity contribution >= 4 is 39.5 Å². The molecule has 19 heteroatoms. The highest BCUT2D eigenvalue weighted by molar-refractivity contribution is 7.47. The molecule has 3 N–H and O–H groups in total. The lowest BCUT2D eigenvalue weighted by Crippen LogP contribution is -2.30. The van der Waals surface area contributed by atoms with E-state index in [9.17, 15) is 43.2 Å². The molecule has 0 spiro atoms. The normalized spacial score (nSPS) is 14.7. The number of rotatable bonds is 65. The van der Waals surface area contributed by atoms with Crippen LogP contribution in [0.2, 0.25) is 0 Å². The number of hydrogen-bond acceptors (Lipinski definition) is 15. The van der Waals surface area contributed by atoms with Crippen molar-refractivity contribution in [2.24, 2.45) is 11.8 Å². The van der Waals surface area contributed by atoms with Crippen LogP contribution in [-0.4, -0.2) is 96.7 Å². The van der Waals surface area contributed by atoms with Crippen LogP contribution in [-0.2, 0) is 65.4 Å². The SMILES string of the molecule is CCCCCC/C=C\C=C/CCCCCCCC(=O)O[C@H](COC(=O)CCCCCCCCCCCCCC(C)C)COP(=O)(O)OC[C@@H](O)COP(=O)(O)OC[C@@H](COC(=O)CCCCCCCCCC)OC(=O)CCCCCCCCC(C)CC. The highest BCUT2D eigenvalue weighted by atomic mass is 31.2. The second kappa shape index (κ2) is 59.8. The van der Waals surface area contributed by atoms with Crippen molar-refractivity contribution in [3.63, 3.8) is 0 Å². The van der Waals surface area contributed by atoms with Gasteiger partial charge in [-0.25, -0.2) is 9.13 Å². The highest BCUT2D eigenvalue weighted by Gasteiger charge is 2.30. The van der Waals surface area contributed by atoms with Gasteiger partial charge in [-0.05, 0) is 63.2 Å². The van der Waals surface area contributed by atoms with Crippen LogP contribution in [0.1, 0.15) is 318 Å². The van der Waals surface area contributed by atoms with Crippen molar-refractivity contribution in [1.29, 1.82) is 0 Å². The standard InChI is InChI=1S/C68H128O17P2/c1-7-10-12-14-16-18-19-20-21-22-25-29-33-40-46-52-67(72)84-63(56-79-66(71)51-45-39-32-28-26-23-24-27-30-36-42-48-60(4)5)58-82-86(74,75)80-54-62(69)55-81-87(76,77)83-59-64(57-78-65(70)50-44-38-31-17-15-13-11-8-2)85-68(73)53-47-41-35-34-37-43-49-61(6)9-3/h18-21,60-64,69H,7-17,22-59H2,1-6H3,(H,74,75)(H,76,77)/b19-18-,21-20-/t61?,62-,63-,64-/m1/s1. The maximum atomic E-state index is 13.0. The van der Waals surface area contributed by atoms with Gasteiger partial charge >= 0.3 is 39.5 Å². The van der Waals surface area contributed by atoms with Gasteiger partial charge in [0.2, 0.25) is 0 Å². The Hall–Kier alpha value is -2.46. The van der Waals surface area contributed by atoms with Gasteiger partial charge in [0.25, 0.3) is 0 Å². The van der Waals surface area contributed by atoms with Crippen LogP contribution in [0.3, 0.4) is 0 Å². The van der Waals surface area contributed by atoms with Gasteiger partial charge in [0, 0.05) is 25.7 Å². The molecule has 0 aromatic rings. The Kier molecular flexibility index (Phi) is 58.1. The van der Waals surface area contributed by atoms with Crippen LogP contribution < -0.4 is 0 Å². The van der Waals surface area contributed by atoms with Crippen LogP contribution in [0.5, 0.6) is 0 Å². The lowest BCUT2D eigenvalue weighted by Gasteiger charge is -2.21. The summed E-state index contributed by atoms with van der Waals surface area (Å²) < 4.78 is 68.1. The molecule has 0 bridgehead atoms. The monoisotopic (exact) mass is 1280 g/mol. The number of carbonyl (C=O) groups excluding carboxylic acids is 4. The van der Waals surface area contributed by atoms with E-state index in [1.807, 2.05) is 0 Å². The lowest BCUT2D eigenvalue weighted by atomic mass is 10.00. The third kappa shape index (κ3) is 60.9. The number of unbranched alkanes of at least 4 members (excludes halogenated alkanes) is 31. The molecule has 0 aliphatic carbocycles. The maximum Gasteiger partial charge on any atom is 0.472 e. The molecule has 6 atom stereocenters. The number of carbonyl (C=O) groups is 4. The molecule has 17 nitrogen and oxygen atoms in total. The number of phosphoric ester groups is 2. The van der Waals surface area contributed by atoms with Crippen LogP contribution in [0.25, 0.3) is 0 Å². The fourth-order valence-corrected chi connectivity index (χ4v) is 11.2. The molecule has 0 fully saturated rings. The van der Waals surface area contributed by atoms with E-state index in [0.29, 0.717) is 25.7 Å². The Balaban J connectivity index is 5.27. The minimum absolute atomic E-state index is 0.0846. The molecular weight excluding hydrogens is 1150 g/mol. The van der Waals surface area contributed by atoms with Crippen molar-refractivity contribution in [2.45, 2.75) is 336 Å². The summed E-state index contributed by atoms with van der Waals surface area (Å²) in [6.07, 6.45) is 46.7. The molecule has 0 aromatic carbocycles. The molecule has 3 unspecified atom stereocenters. The zero-order valence-corrected chi connectivity index (χ0v) is 57.6. The molecule has 0 heterocycles. The summed E-state index contributed by atoms with van der Waals surface area (Å²) >= 11 is 0. The van der Waals surface area contributed by atoms with Gasteiger partial charge in [0.15, 0.2) is 12.2 Å². The first-order valence-corrected chi connectivity index (χ1v) is 37.8. The first-order valence-electron chi connectivity index (χ1n) is 34.8. The van der Waals surface area contributed by atoms with Gasteiger partial charge in [-0.2, -0.15) is 0 Å². The van der Waals surface area contributed by atoms with Gasteiger partial charge in [0.05, 0.1) is 26.4 Å². The third-order valence-corrected chi connectivity index (χ3v) is 17.3. The van der Waals surface area contributed by atoms with Gasteiger partial charge in [-0.15, -0.1) is 0 Å². The second-order valence-electron chi connectivity index (χ2n) is 24.6. The Labute approximate surface area is 529 Å². The van der Waals surface area contributed by atoms with Gasteiger partial charge in [-0.3, -0.25) is 37.3 Å². The smallest absolute Gasteiger partial charge is 0.462 e. The van der Waals surface area contributed by atoms with Crippen LogP contribution in [0.15, 0.2) is 24.3 Å². The molecule has 0 aliphatic rings. The number of ether oxygens (including phenoxy) is 4. The first kappa shape index (κ1) is 84.5. The predicted octanol–water partition coefficient (Wildman–Crippen LogP) is 18.8. The second-order valence-corrected chi connectivity index (χ2v) is 27.5. The molecule has 87 heavy (non-hydrogen) atoms. The van der Waals surface area contributed by atoms with Crippen molar-refractivity contribution < 1.29 is 80.2 Å². The minimum atomic E-state index is -4.96. The molecule has 0 aromatic heterocycles. The van der Waals surface area contributed by atoms with Crippen LogP contribution in [0, 0.1) is 11.8 Å². The molecule has 0 radical (unpaired) electrons. The van der Waals surface area contributed by atoms with Crippen molar-refractivity contribution in [2.75, 3.05) is 39.6 Å². The van der Waals surface area contributed by atoms with E-state index in [2.05, 4.69) is 65.8 Å². The number of aliphatic hydroxyl groups is 1. The molecule has 0 aliphatic heterocycles. The fraction of sp³-hybridized carbons (Fsp3) is 0.882. The first-order chi connectivity index (χ1) is 41.9. The minimum Gasteiger partial charge on any atom is -0.462 e. The molecule has 0 amide bonds. The number of allylic oxidation sites excluding steroid dienone is 4. The quantitative estimate of drug-likeness (QED) is 0.0169. The largest absolute Gasteiger partial charge is 0.472 e. The van der Waals surface area contributed by atoms with Crippen LogP contribution in [0.4, 0.5) is 0 Å². The van der Waals surface area contributed by atoms with Crippen LogP contribution >= 0.6 is 15.6 Å². The lowest BCUT2D eigenvalue weighted by molar-refractivity contribution is -0.161. The van der Waals surface area contributed by atoms with E-state index in [1.165, 1.54) is 116 Å². The van der Waals surface area contributed by atoms with Crippen molar-refractivity contribution in [1.82, 2.24) is 0 Å². The molecule has 0 saturated carbocycles. The Morgan fingerprint density at radius 1 is 0.379 bits per heavy atom. The summed E-state index contributed by atoms with van der Waals surface area (Å²) in [5.41, 5.74) is 0. The summed E-state index contributed by atoms with van der Waals surface area (Å²) in [6, 6.07) is 0. The number of esters is 4. The number of phosphoric acid groups is 2. The summed E-state index contributed by atoms with van der Waals surface area (Å²) in [5.74, 6) is -0.676. The average Bonchev–Trinajstić information content (AvgIpc) is 3.71. The Bertz CT molecular complexity index is 1800. The van der Waals surface area contributed by atoms with E-state index >= 15 is 0 Å². The fourth-order valence-electron chi connectivity index (χ4n) is 9.67. The Morgan fingerprint density at radius 2 is 0.678 bits per heavy atom. The van der Waals surface area contributed by atoms with E-state index < -0.39 is 97.5 Å². The zero-order valence-electron chi connectivity index (χ0n) is 55.8. The molecule has 0 saturated heterocycles. The summed E-state index contributed by atoms with van der Waals surface area (Å²) in [7, 11) is -9.91.